The Morgan fingerprint density at radius 2 is 1.29 bits per heavy atom. The molecular weight excluding hydrogens is 190 g/mol. The van der Waals surface area contributed by atoms with E-state index in [2.05, 4.69) is 21.5 Å². The van der Waals surface area contributed by atoms with Crippen molar-refractivity contribution in [2.45, 2.75) is 19.9 Å². The Bertz CT molecular complexity index is 199. The second-order valence-electron chi connectivity index (χ2n) is 3.03. The van der Waals surface area contributed by atoms with Gasteiger partial charge in [0.15, 0.2) is 0 Å². The molecule has 0 spiro atoms. The lowest BCUT2D eigenvalue weighted by Gasteiger charge is -2.21. The SMILES string of the molecule is CC(C(=O)ON)C(N)C(C)C(=O)ON. The monoisotopic (exact) mass is 205 g/mol. The molecule has 0 saturated carbocycles. The maximum Gasteiger partial charge on any atom is 0.328 e. The first-order valence-corrected chi connectivity index (χ1v) is 4.02. The van der Waals surface area contributed by atoms with E-state index in [0.29, 0.717) is 0 Å². The molecule has 82 valence electrons. The topological polar surface area (TPSA) is 131 Å². The molecule has 0 aliphatic rings. The maximum atomic E-state index is 11.0. The third-order valence-corrected chi connectivity index (χ3v) is 2.13. The molecule has 0 aromatic carbocycles. The van der Waals surface area contributed by atoms with E-state index >= 15 is 0 Å². The van der Waals surface area contributed by atoms with Gasteiger partial charge in [-0.05, 0) is 0 Å². The van der Waals surface area contributed by atoms with Crippen LogP contribution >= 0.6 is 0 Å². The number of carbonyl (C=O) groups is 2. The van der Waals surface area contributed by atoms with Crippen LogP contribution in [0.1, 0.15) is 13.8 Å². The second kappa shape index (κ2) is 5.53. The minimum atomic E-state index is -0.748. The van der Waals surface area contributed by atoms with Crippen LogP contribution in [0.4, 0.5) is 0 Å². The molecular formula is C7H15N3O4. The van der Waals surface area contributed by atoms with Gasteiger partial charge in [0.1, 0.15) is 0 Å². The standard InChI is InChI=1S/C7H15N3O4/c1-3(6(11)13-9)5(8)4(2)7(12)14-10/h3-5H,8-10H2,1-2H3. The lowest BCUT2D eigenvalue weighted by Crippen LogP contribution is -2.44. The van der Waals surface area contributed by atoms with E-state index in [4.69, 9.17) is 5.73 Å². The van der Waals surface area contributed by atoms with Gasteiger partial charge in [-0.3, -0.25) is 9.59 Å². The van der Waals surface area contributed by atoms with Crippen molar-refractivity contribution in [2.24, 2.45) is 29.4 Å². The average molecular weight is 205 g/mol. The van der Waals surface area contributed by atoms with Crippen molar-refractivity contribution in [3.8, 4) is 0 Å². The molecule has 14 heavy (non-hydrogen) atoms. The Hall–Kier alpha value is -1.18. The van der Waals surface area contributed by atoms with Gasteiger partial charge in [0, 0.05) is 6.04 Å². The number of nitrogens with two attached hydrogens (primary N) is 3. The minimum Gasteiger partial charge on any atom is -0.373 e. The molecule has 0 saturated heterocycles. The zero-order chi connectivity index (χ0) is 11.3. The molecule has 0 heterocycles. The van der Waals surface area contributed by atoms with E-state index in [0.717, 1.165) is 0 Å². The smallest absolute Gasteiger partial charge is 0.328 e. The fraction of sp³-hybridized carbons (Fsp3) is 0.714. The largest absolute Gasteiger partial charge is 0.373 e. The summed E-state index contributed by atoms with van der Waals surface area (Å²) in [7, 11) is 0. The third kappa shape index (κ3) is 2.95. The van der Waals surface area contributed by atoms with Gasteiger partial charge >= 0.3 is 11.9 Å². The molecule has 0 aliphatic carbocycles. The lowest BCUT2D eigenvalue weighted by molar-refractivity contribution is -0.153. The van der Waals surface area contributed by atoms with E-state index in [-0.39, 0.29) is 0 Å². The Labute approximate surface area is 81.4 Å². The van der Waals surface area contributed by atoms with Crippen LogP contribution in [0.2, 0.25) is 0 Å². The first-order valence-electron chi connectivity index (χ1n) is 4.02. The molecule has 7 heteroatoms. The number of carbonyl (C=O) groups excluding carboxylic acids is 2. The van der Waals surface area contributed by atoms with Gasteiger partial charge in [0.05, 0.1) is 11.8 Å². The van der Waals surface area contributed by atoms with Crippen LogP contribution in [-0.2, 0) is 19.3 Å². The van der Waals surface area contributed by atoms with Gasteiger partial charge in [-0.1, -0.05) is 13.8 Å². The Morgan fingerprint density at radius 1 is 1.00 bits per heavy atom. The molecule has 0 aromatic rings. The van der Waals surface area contributed by atoms with E-state index in [9.17, 15) is 9.59 Å². The maximum absolute atomic E-state index is 11.0. The van der Waals surface area contributed by atoms with Gasteiger partial charge in [-0.2, -0.15) is 11.8 Å². The summed E-state index contributed by atoms with van der Waals surface area (Å²) in [6.45, 7) is 3.00. The van der Waals surface area contributed by atoms with Crippen LogP contribution in [0.5, 0.6) is 0 Å². The van der Waals surface area contributed by atoms with Crippen LogP contribution in [0.15, 0.2) is 0 Å². The molecule has 2 unspecified atom stereocenters. The first-order chi connectivity index (χ1) is 6.45. The molecule has 0 rings (SSSR count). The molecule has 0 aromatic heterocycles. The summed E-state index contributed by atoms with van der Waals surface area (Å²) in [4.78, 5) is 29.9. The van der Waals surface area contributed by atoms with Crippen LogP contribution in [0.3, 0.4) is 0 Å². The fourth-order valence-corrected chi connectivity index (χ4v) is 0.962. The molecule has 0 aliphatic heterocycles. The summed E-state index contributed by atoms with van der Waals surface area (Å²) >= 11 is 0. The highest BCUT2D eigenvalue weighted by Gasteiger charge is 2.31. The molecule has 6 N–H and O–H groups in total. The van der Waals surface area contributed by atoms with Crippen molar-refractivity contribution in [3.63, 3.8) is 0 Å². The van der Waals surface area contributed by atoms with Crippen molar-refractivity contribution in [1.82, 2.24) is 0 Å². The molecule has 7 nitrogen and oxygen atoms in total. The fourth-order valence-electron chi connectivity index (χ4n) is 0.962. The van der Waals surface area contributed by atoms with E-state index in [1.54, 1.807) is 0 Å². The molecule has 0 fully saturated rings. The van der Waals surface area contributed by atoms with Crippen LogP contribution in [0.25, 0.3) is 0 Å². The Kier molecular flexibility index (Phi) is 5.06. The molecule has 2 atom stereocenters. The highest BCUT2D eigenvalue weighted by atomic mass is 16.7. The highest BCUT2D eigenvalue weighted by Crippen LogP contribution is 2.12. The number of rotatable bonds is 4. The van der Waals surface area contributed by atoms with Gasteiger partial charge in [0.25, 0.3) is 0 Å². The summed E-state index contributed by atoms with van der Waals surface area (Å²) in [5.41, 5.74) is 5.60. The van der Waals surface area contributed by atoms with Crippen molar-refractivity contribution >= 4 is 11.9 Å². The number of hydrogen-bond donors (Lipinski definition) is 3. The van der Waals surface area contributed by atoms with Crippen molar-refractivity contribution in [2.75, 3.05) is 0 Å². The zero-order valence-electron chi connectivity index (χ0n) is 8.10. The van der Waals surface area contributed by atoms with Crippen molar-refractivity contribution < 1.29 is 19.3 Å². The van der Waals surface area contributed by atoms with Crippen LogP contribution in [0, 0.1) is 11.8 Å². The quantitative estimate of drug-likeness (QED) is 0.472. The van der Waals surface area contributed by atoms with Crippen molar-refractivity contribution in [1.29, 1.82) is 0 Å². The summed E-state index contributed by atoms with van der Waals surface area (Å²) in [5, 5.41) is 0. The highest BCUT2D eigenvalue weighted by molar-refractivity contribution is 5.76. The van der Waals surface area contributed by atoms with Crippen LogP contribution in [-0.4, -0.2) is 18.0 Å². The molecule has 0 amide bonds. The van der Waals surface area contributed by atoms with Gasteiger partial charge in [-0.15, -0.1) is 0 Å². The summed E-state index contributed by atoms with van der Waals surface area (Å²) < 4.78 is 0. The average Bonchev–Trinajstić information content (AvgIpc) is 2.23. The lowest BCUT2D eigenvalue weighted by atomic mass is 9.91. The normalized spacial score (nSPS) is 16.6. The van der Waals surface area contributed by atoms with E-state index in [1.807, 2.05) is 0 Å². The minimum absolute atomic E-state index is 0.686. The zero-order valence-corrected chi connectivity index (χ0v) is 8.10. The van der Waals surface area contributed by atoms with Crippen LogP contribution < -0.4 is 17.5 Å². The molecule has 0 bridgehead atoms. The predicted molar refractivity (Wildman–Crippen MR) is 46.9 cm³/mol. The Morgan fingerprint density at radius 3 is 1.50 bits per heavy atom. The van der Waals surface area contributed by atoms with E-state index in [1.165, 1.54) is 13.8 Å². The third-order valence-electron chi connectivity index (χ3n) is 2.13. The summed E-state index contributed by atoms with van der Waals surface area (Å²) in [6, 6.07) is -0.748. The summed E-state index contributed by atoms with van der Waals surface area (Å²) in [6.07, 6.45) is 0. The molecule has 0 radical (unpaired) electrons. The second-order valence-corrected chi connectivity index (χ2v) is 3.03. The predicted octanol–water partition coefficient (Wildman–Crippen LogP) is -1.58. The first kappa shape index (κ1) is 12.8. The number of hydrogen-bond acceptors (Lipinski definition) is 7. The van der Waals surface area contributed by atoms with Gasteiger partial charge in [0.2, 0.25) is 0 Å². The Balaban J connectivity index is 4.37. The van der Waals surface area contributed by atoms with Crippen molar-refractivity contribution in [3.05, 3.63) is 0 Å². The van der Waals surface area contributed by atoms with E-state index < -0.39 is 29.8 Å². The van der Waals surface area contributed by atoms with Gasteiger partial charge in [-0.25, -0.2) is 0 Å². The van der Waals surface area contributed by atoms with Gasteiger partial charge < -0.3 is 15.4 Å². The summed E-state index contributed by atoms with van der Waals surface area (Å²) in [5.74, 6) is 6.58.